The highest BCUT2D eigenvalue weighted by molar-refractivity contribution is 5.93. The molecule has 1 aromatic carbocycles. The normalized spacial score (nSPS) is 10.6. The second-order valence-electron chi connectivity index (χ2n) is 2.74. The van der Waals surface area contributed by atoms with Gasteiger partial charge in [-0.05, 0) is 24.6 Å². The number of fused-ring (bicyclic) bond motifs is 1. The predicted octanol–water partition coefficient (Wildman–Crippen LogP) is 2.06. The molecule has 2 aromatic rings. The minimum absolute atomic E-state index is 0.848. The van der Waals surface area contributed by atoms with Gasteiger partial charge in [0, 0.05) is 22.8 Å². The molecule has 56 valence electrons. The Morgan fingerprint density at radius 1 is 1.36 bits per heavy atom. The number of aryl methyl sites for hydroxylation is 1. The molecule has 2 nitrogen and oxygen atoms in total. The topological polar surface area (TPSA) is 41.8 Å². The molecule has 0 radical (unpaired) electrons. The third kappa shape index (κ3) is 0.792. The zero-order valence-electron chi connectivity index (χ0n) is 6.39. The van der Waals surface area contributed by atoms with Crippen LogP contribution in [0.5, 0.6) is 0 Å². The molecule has 1 aromatic heterocycles. The third-order valence-electron chi connectivity index (χ3n) is 1.94. The summed E-state index contributed by atoms with van der Waals surface area (Å²) >= 11 is 0. The quantitative estimate of drug-likeness (QED) is 0.549. The fraction of sp³-hybridized carbons (Fsp3) is 0.111. The number of nitrogens with two attached hydrogens (primary N) is 1. The number of rotatable bonds is 0. The number of aromatic nitrogens is 1. The SMILES string of the molecule is Cc1c[nH]c2cccc(N)c12. The lowest BCUT2D eigenvalue weighted by molar-refractivity contribution is 1.43. The highest BCUT2D eigenvalue weighted by Gasteiger charge is 2.00. The molecule has 0 amide bonds. The van der Waals surface area contributed by atoms with Gasteiger partial charge in [0.25, 0.3) is 0 Å². The Morgan fingerprint density at radius 3 is 2.91 bits per heavy atom. The number of H-pyrrole nitrogens is 1. The summed E-state index contributed by atoms with van der Waals surface area (Å²) in [6.07, 6.45) is 1.97. The van der Waals surface area contributed by atoms with E-state index in [1.807, 2.05) is 24.4 Å². The number of nitrogen functional groups attached to an aromatic ring is 1. The van der Waals surface area contributed by atoms with Crippen molar-refractivity contribution in [2.24, 2.45) is 0 Å². The maximum atomic E-state index is 5.78. The van der Waals surface area contributed by atoms with E-state index in [-0.39, 0.29) is 0 Å². The maximum Gasteiger partial charge on any atom is 0.0477 e. The molecule has 0 aliphatic rings. The molecule has 0 spiro atoms. The summed E-state index contributed by atoms with van der Waals surface area (Å²) in [5.74, 6) is 0. The Hall–Kier alpha value is -1.44. The first kappa shape index (κ1) is 6.28. The van der Waals surface area contributed by atoms with E-state index in [9.17, 15) is 0 Å². The summed E-state index contributed by atoms with van der Waals surface area (Å²) in [4.78, 5) is 3.15. The lowest BCUT2D eigenvalue weighted by atomic mass is 10.1. The van der Waals surface area contributed by atoms with Gasteiger partial charge in [0.2, 0.25) is 0 Å². The number of aromatic amines is 1. The molecule has 0 saturated heterocycles. The van der Waals surface area contributed by atoms with Gasteiger partial charge in [-0.3, -0.25) is 0 Å². The van der Waals surface area contributed by atoms with Gasteiger partial charge < -0.3 is 10.7 Å². The Balaban J connectivity index is 2.96. The molecule has 0 unspecified atom stereocenters. The van der Waals surface area contributed by atoms with Crippen molar-refractivity contribution < 1.29 is 0 Å². The summed E-state index contributed by atoms with van der Waals surface area (Å²) in [7, 11) is 0. The van der Waals surface area contributed by atoms with Crippen molar-refractivity contribution in [3.63, 3.8) is 0 Å². The molecule has 3 N–H and O–H groups in total. The van der Waals surface area contributed by atoms with E-state index in [2.05, 4.69) is 11.9 Å². The molecule has 1 heterocycles. The van der Waals surface area contributed by atoms with Gasteiger partial charge in [0.1, 0.15) is 0 Å². The molecule has 0 aliphatic carbocycles. The largest absolute Gasteiger partial charge is 0.398 e. The molecule has 0 bridgehead atoms. The van der Waals surface area contributed by atoms with Gasteiger partial charge in [0.05, 0.1) is 0 Å². The van der Waals surface area contributed by atoms with Gasteiger partial charge in [-0.1, -0.05) is 6.07 Å². The summed E-state index contributed by atoms with van der Waals surface area (Å²) < 4.78 is 0. The fourth-order valence-electron chi connectivity index (χ4n) is 1.39. The highest BCUT2D eigenvalue weighted by Crippen LogP contribution is 2.22. The molecular weight excluding hydrogens is 136 g/mol. The van der Waals surface area contributed by atoms with Gasteiger partial charge in [0.15, 0.2) is 0 Å². The van der Waals surface area contributed by atoms with Crippen LogP contribution < -0.4 is 5.73 Å². The van der Waals surface area contributed by atoms with E-state index in [1.54, 1.807) is 0 Å². The van der Waals surface area contributed by atoms with Crippen LogP contribution in [-0.4, -0.2) is 4.98 Å². The van der Waals surface area contributed by atoms with Crippen molar-refractivity contribution in [1.82, 2.24) is 4.98 Å². The fourth-order valence-corrected chi connectivity index (χ4v) is 1.39. The number of benzene rings is 1. The van der Waals surface area contributed by atoms with E-state index in [0.29, 0.717) is 0 Å². The minimum atomic E-state index is 0.848. The molecule has 0 atom stereocenters. The van der Waals surface area contributed by atoms with E-state index in [0.717, 1.165) is 16.6 Å². The summed E-state index contributed by atoms with van der Waals surface area (Å²) in [6, 6.07) is 5.90. The van der Waals surface area contributed by atoms with Crippen molar-refractivity contribution in [1.29, 1.82) is 0 Å². The lowest BCUT2D eigenvalue weighted by Crippen LogP contribution is -1.84. The van der Waals surface area contributed by atoms with E-state index >= 15 is 0 Å². The van der Waals surface area contributed by atoms with Crippen LogP contribution in [0.2, 0.25) is 0 Å². The molecule has 2 heteroatoms. The van der Waals surface area contributed by atoms with Gasteiger partial charge in [-0.15, -0.1) is 0 Å². The van der Waals surface area contributed by atoms with Crippen molar-refractivity contribution >= 4 is 16.6 Å². The number of hydrogen-bond donors (Lipinski definition) is 2. The van der Waals surface area contributed by atoms with Crippen LogP contribution in [0, 0.1) is 6.92 Å². The van der Waals surface area contributed by atoms with Crippen LogP contribution in [0.3, 0.4) is 0 Å². The maximum absolute atomic E-state index is 5.78. The Labute approximate surface area is 65.0 Å². The number of nitrogens with one attached hydrogen (secondary N) is 1. The van der Waals surface area contributed by atoms with E-state index in [1.165, 1.54) is 5.56 Å². The van der Waals surface area contributed by atoms with Crippen molar-refractivity contribution in [3.05, 3.63) is 30.0 Å². The minimum Gasteiger partial charge on any atom is -0.398 e. The molecule has 11 heavy (non-hydrogen) atoms. The van der Waals surface area contributed by atoms with Gasteiger partial charge in [-0.2, -0.15) is 0 Å². The summed E-state index contributed by atoms with van der Waals surface area (Å²) in [5, 5.41) is 1.15. The van der Waals surface area contributed by atoms with Crippen LogP contribution in [-0.2, 0) is 0 Å². The van der Waals surface area contributed by atoms with Crippen molar-refractivity contribution in [2.75, 3.05) is 5.73 Å². The van der Waals surface area contributed by atoms with Gasteiger partial charge in [-0.25, -0.2) is 0 Å². The highest BCUT2D eigenvalue weighted by atomic mass is 14.7. The van der Waals surface area contributed by atoms with Crippen LogP contribution in [0.15, 0.2) is 24.4 Å². The van der Waals surface area contributed by atoms with Crippen LogP contribution in [0.4, 0.5) is 5.69 Å². The first-order chi connectivity index (χ1) is 5.29. The zero-order valence-corrected chi connectivity index (χ0v) is 6.39. The Kier molecular flexibility index (Phi) is 1.15. The van der Waals surface area contributed by atoms with Crippen LogP contribution in [0.1, 0.15) is 5.56 Å². The zero-order chi connectivity index (χ0) is 7.84. The van der Waals surface area contributed by atoms with Crippen molar-refractivity contribution in [2.45, 2.75) is 6.92 Å². The van der Waals surface area contributed by atoms with Crippen LogP contribution in [0.25, 0.3) is 10.9 Å². The Bertz CT molecular complexity index is 387. The predicted molar refractivity (Wildman–Crippen MR) is 47.4 cm³/mol. The standard InChI is InChI=1S/C9H10N2/c1-6-5-11-8-4-2-3-7(10)9(6)8/h2-5,11H,10H2,1H3. The summed E-state index contributed by atoms with van der Waals surface area (Å²) in [5.41, 5.74) is 8.95. The molecule has 0 saturated carbocycles. The second kappa shape index (κ2) is 2.02. The van der Waals surface area contributed by atoms with Gasteiger partial charge >= 0.3 is 0 Å². The lowest BCUT2D eigenvalue weighted by Gasteiger charge is -1.95. The number of anilines is 1. The first-order valence-corrected chi connectivity index (χ1v) is 3.61. The molecule has 0 fully saturated rings. The monoisotopic (exact) mass is 146 g/mol. The van der Waals surface area contributed by atoms with Crippen molar-refractivity contribution in [3.8, 4) is 0 Å². The number of hydrogen-bond acceptors (Lipinski definition) is 1. The molecule has 2 rings (SSSR count). The average molecular weight is 146 g/mol. The summed E-state index contributed by atoms with van der Waals surface area (Å²) in [6.45, 7) is 2.05. The van der Waals surface area contributed by atoms with E-state index < -0.39 is 0 Å². The smallest absolute Gasteiger partial charge is 0.0477 e. The first-order valence-electron chi connectivity index (χ1n) is 3.61. The average Bonchev–Trinajstić information content (AvgIpc) is 2.34. The van der Waals surface area contributed by atoms with Crippen LogP contribution >= 0.6 is 0 Å². The molecule has 0 aliphatic heterocycles. The second-order valence-corrected chi connectivity index (χ2v) is 2.74. The third-order valence-corrected chi connectivity index (χ3v) is 1.94. The molecular formula is C9H10N2. The van der Waals surface area contributed by atoms with E-state index in [4.69, 9.17) is 5.73 Å². The Morgan fingerprint density at radius 2 is 2.18 bits per heavy atom.